The first-order valence-corrected chi connectivity index (χ1v) is 13.4. The van der Waals surface area contributed by atoms with Crippen LogP contribution in [-0.2, 0) is 4.79 Å². The summed E-state index contributed by atoms with van der Waals surface area (Å²) in [5, 5.41) is 0.495. The molecule has 194 valence electrons. The molecule has 0 aliphatic carbocycles. The molecule has 0 N–H and O–H groups in total. The molecule has 1 atom stereocenters. The Labute approximate surface area is 221 Å². The molecule has 3 aromatic rings. The molecule has 2 aromatic carbocycles. The van der Waals surface area contributed by atoms with Gasteiger partial charge in [0.05, 0.1) is 41.3 Å². The summed E-state index contributed by atoms with van der Waals surface area (Å²) >= 11 is 3.62. The van der Waals surface area contributed by atoms with Crippen LogP contribution in [0.2, 0.25) is 0 Å². The normalized spacial score (nSPS) is 11.9. The van der Waals surface area contributed by atoms with E-state index in [1.165, 1.54) is 0 Å². The maximum atomic E-state index is 13.9. The van der Waals surface area contributed by atoms with Crippen LogP contribution in [0.1, 0.15) is 71.2 Å². The highest BCUT2D eigenvalue weighted by atomic mass is 79.9. The zero-order valence-corrected chi connectivity index (χ0v) is 23.4. The smallest absolute Gasteiger partial charge is 0.266 e. The summed E-state index contributed by atoms with van der Waals surface area (Å²) in [6.07, 6.45) is 5.42. The zero-order valence-electron chi connectivity index (χ0n) is 21.8. The van der Waals surface area contributed by atoms with E-state index in [9.17, 15) is 9.59 Å². The zero-order chi connectivity index (χ0) is 26.2. The van der Waals surface area contributed by atoms with E-state index in [1.807, 2.05) is 30.0 Å². The lowest BCUT2D eigenvalue weighted by Gasteiger charge is -2.31. The van der Waals surface area contributed by atoms with Crippen LogP contribution in [-0.4, -0.2) is 41.1 Å². The Morgan fingerprint density at radius 1 is 1.08 bits per heavy atom. The van der Waals surface area contributed by atoms with Gasteiger partial charge in [-0.05, 0) is 47.8 Å². The van der Waals surface area contributed by atoms with E-state index >= 15 is 0 Å². The molecule has 0 spiro atoms. The maximum absolute atomic E-state index is 13.9. The minimum absolute atomic E-state index is 0.0803. The molecule has 0 fully saturated rings. The predicted octanol–water partition coefficient (Wildman–Crippen LogP) is 6.44. The van der Waals surface area contributed by atoms with Gasteiger partial charge in [0.15, 0.2) is 0 Å². The highest BCUT2D eigenvalue weighted by Gasteiger charge is 2.27. The first-order valence-electron chi connectivity index (χ1n) is 12.6. The van der Waals surface area contributed by atoms with E-state index in [2.05, 4.69) is 29.8 Å². The average Bonchev–Trinajstić information content (AvgIpc) is 2.89. The summed E-state index contributed by atoms with van der Waals surface area (Å²) in [5.74, 6) is 1.64. The van der Waals surface area contributed by atoms with Crippen molar-refractivity contribution in [1.29, 1.82) is 0 Å². The average molecular weight is 559 g/mol. The molecule has 8 heteroatoms. The van der Waals surface area contributed by atoms with E-state index in [0.29, 0.717) is 51.4 Å². The molecule has 0 aliphatic heterocycles. The number of aromatic nitrogens is 2. The van der Waals surface area contributed by atoms with Crippen LogP contribution < -0.4 is 15.0 Å². The fourth-order valence-corrected chi connectivity index (χ4v) is 4.98. The summed E-state index contributed by atoms with van der Waals surface area (Å²) < 4.78 is 13.2. The van der Waals surface area contributed by atoms with Crippen molar-refractivity contribution in [2.75, 3.05) is 20.8 Å². The van der Waals surface area contributed by atoms with Crippen molar-refractivity contribution in [3.05, 3.63) is 57.0 Å². The number of ether oxygens (including phenoxy) is 2. The van der Waals surface area contributed by atoms with Gasteiger partial charge in [0.25, 0.3) is 5.56 Å². The Kier molecular flexibility index (Phi) is 9.93. The number of hydrogen-bond acceptors (Lipinski definition) is 5. The predicted molar refractivity (Wildman–Crippen MR) is 147 cm³/mol. The lowest BCUT2D eigenvalue weighted by molar-refractivity contribution is -0.133. The second-order valence-corrected chi connectivity index (χ2v) is 9.66. The van der Waals surface area contributed by atoms with Gasteiger partial charge < -0.3 is 14.4 Å². The van der Waals surface area contributed by atoms with Crippen LogP contribution in [0.3, 0.4) is 0 Å². The number of fused-ring (bicyclic) bond motifs is 1. The SMILES string of the molecule is CCCCCCC(=O)N(CCC)C(C)c1nc2ccccc2c(=O)n1-c1cc(OC)cc(OC)c1Br. The highest BCUT2D eigenvalue weighted by Crippen LogP contribution is 2.37. The van der Waals surface area contributed by atoms with Gasteiger partial charge in [-0.3, -0.25) is 14.2 Å². The minimum Gasteiger partial charge on any atom is -0.497 e. The van der Waals surface area contributed by atoms with E-state index in [-0.39, 0.29) is 11.5 Å². The van der Waals surface area contributed by atoms with Crippen LogP contribution in [0.25, 0.3) is 16.6 Å². The van der Waals surface area contributed by atoms with Gasteiger partial charge in [0, 0.05) is 25.1 Å². The van der Waals surface area contributed by atoms with Crippen molar-refractivity contribution < 1.29 is 14.3 Å². The van der Waals surface area contributed by atoms with Gasteiger partial charge in [0.2, 0.25) is 5.91 Å². The number of benzene rings is 2. The summed E-state index contributed by atoms with van der Waals surface area (Å²) in [6.45, 7) is 6.73. The molecule has 0 bridgehead atoms. The monoisotopic (exact) mass is 557 g/mol. The number of nitrogens with zero attached hydrogens (tertiary/aromatic N) is 3. The van der Waals surface area contributed by atoms with Crippen LogP contribution in [0, 0.1) is 0 Å². The second-order valence-electron chi connectivity index (χ2n) is 8.86. The fourth-order valence-electron chi connectivity index (χ4n) is 4.41. The minimum atomic E-state index is -0.426. The van der Waals surface area contributed by atoms with Crippen LogP contribution in [0.15, 0.2) is 45.7 Å². The number of methoxy groups -OCH3 is 2. The van der Waals surface area contributed by atoms with Crippen molar-refractivity contribution in [3.8, 4) is 17.2 Å². The van der Waals surface area contributed by atoms with E-state index in [0.717, 1.165) is 32.1 Å². The number of rotatable bonds is 12. The third-order valence-electron chi connectivity index (χ3n) is 6.36. The van der Waals surface area contributed by atoms with E-state index < -0.39 is 6.04 Å². The summed E-state index contributed by atoms with van der Waals surface area (Å²) in [5.41, 5.74) is 0.923. The van der Waals surface area contributed by atoms with Crippen molar-refractivity contribution >= 4 is 32.7 Å². The molecule has 36 heavy (non-hydrogen) atoms. The Morgan fingerprint density at radius 3 is 2.50 bits per heavy atom. The van der Waals surface area contributed by atoms with Gasteiger partial charge in [-0.1, -0.05) is 45.2 Å². The van der Waals surface area contributed by atoms with Crippen LogP contribution in [0.4, 0.5) is 0 Å². The number of hydrogen-bond donors (Lipinski definition) is 0. The molecule has 0 radical (unpaired) electrons. The number of amides is 1. The highest BCUT2D eigenvalue weighted by molar-refractivity contribution is 9.10. The molecule has 0 saturated heterocycles. The van der Waals surface area contributed by atoms with Crippen molar-refractivity contribution in [2.45, 2.75) is 65.3 Å². The molecule has 1 heterocycles. The summed E-state index contributed by atoms with van der Waals surface area (Å²) in [6, 6.07) is 10.4. The van der Waals surface area contributed by atoms with Crippen LogP contribution in [0.5, 0.6) is 11.5 Å². The van der Waals surface area contributed by atoms with Gasteiger partial charge in [-0.25, -0.2) is 4.98 Å². The molecule has 1 amide bonds. The van der Waals surface area contributed by atoms with Gasteiger partial charge >= 0.3 is 0 Å². The number of para-hydroxylation sites is 1. The molecule has 0 aliphatic rings. The number of carbonyl (C=O) groups is 1. The number of halogens is 1. The van der Waals surface area contributed by atoms with E-state index in [4.69, 9.17) is 14.5 Å². The molecule has 3 rings (SSSR count). The number of unbranched alkanes of at least 4 members (excludes halogenated alkanes) is 3. The largest absolute Gasteiger partial charge is 0.497 e. The third kappa shape index (κ3) is 5.91. The Hall–Kier alpha value is -2.87. The Bertz CT molecular complexity index is 1260. The fraction of sp³-hybridized carbons (Fsp3) is 0.464. The Balaban J connectivity index is 2.21. The van der Waals surface area contributed by atoms with Gasteiger partial charge in [-0.2, -0.15) is 0 Å². The summed E-state index contributed by atoms with van der Waals surface area (Å²) in [4.78, 5) is 34.0. The maximum Gasteiger partial charge on any atom is 0.266 e. The molecular formula is C28H36BrN3O4. The first kappa shape index (κ1) is 27.7. The van der Waals surface area contributed by atoms with Crippen LogP contribution >= 0.6 is 15.9 Å². The molecular weight excluding hydrogens is 522 g/mol. The van der Waals surface area contributed by atoms with Gasteiger partial charge in [-0.15, -0.1) is 0 Å². The summed E-state index contributed by atoms with van der Waals surface area (Å²) in [7, 11) is 3.13. The van der Waals surface area contributed by atoms with Crippen molar-refractivity contribution in [1.82, 2.24) is 14.5 Å². The topological polar surface area (TPSA) is 73.7 Å². The first-order chi connectivity index (χ1) is 17.4. The molecule has 0 saturated carbocycles. The lowest BCUT2D eigenvalue weighted by Crippen LogP contribution is -2.38. The lowest BCUT2D eigenvalue weighted by atomic mass is 10.1. The molecule has 7 nitrogen and oxygen atoms in total. The van der Waals surface area contributed by atoms with Crippen molar-refractivity contribution in [2.24, 2.45) is 0 Å². The van der Waals surface area contributed by atoms with Gasteiger partial charge in [0.1, 0.15) is 17.3 Å². The number of carbonyl (C=O) groups excluding carboxylic acids is 1. The molecule has 1 unspecified atom stereocenters. The molecule has 1 aromatic heterocycles. The second kappa shape index (κ2) is 12.9. The third-order valence-corrected chi connectivity index (χ3v) is 7.16. The standard InChI is InChI=1S/C28H36BrN3O4/c1-6-8-9-10-15-25(33)31(16-7-2)19(3)27-30-22-14-12-11-13-21(22)28(34)32(27)23-17-20(35-4)18-24(36-5)26(23)29/h11-14,17-19H,6-10,15-16H2,1-5H3. The van der Waals surface area contributed by atoms with Crippen molar-refractivity contribution in [3.63, 3.8) is 0 Å². The Morgan fingerprint density at radius 2 is 1.83 bits per heavy atom. The quantitative estimate of drug-likeness (QED) is 0.240. The van der Waals surface area contributed by atoms with E-state index in [1.54, 1.807) is 37.0 Å².